The van der Waals surface area contributed by atoms with Crippen LogP contribution in [-0.2, 0) is 12.8 Å². The van der Waals surface area contributed by atoms with Crippen molar-refractivity contribution in [2.75, 3.05) is 0 Å². The van der Waals surface area contributed by atoms with E-state index in [1.54, 1.807) is 29.3 Å². The molecule has 0 aliphatic heterocycles. The molecule has 3 nitrogen and oxygen atoms in total. The van der Waals surface area contributed by atoms with E-state index in [4.69, 9.17) is 4.42 Å². The van der Waals surface area contributed by atoms with Crippen LogP contribution in [-0.4, -0.2) is 10.1 Å². The number of aromatic nitrogens is 1. The highest BCUT2D eigenvalue weighted by molar-refractivity contribution is 7.09. The summed E-state index contributed by atoms with van der Waals surface area (Å²) >= 11 is 1.56. The lowest BCUT2D eigenvalue weighted by molar-refractivity contribution is 0.177. The third kappa shape index (κ3) is 2.27. The number of aryl methyl sites for hydroxylation is 1. The molecule has 0 amide bonds. The van der Waals surface area contributed by atoms with Crippen molar-refractivity contribution in [1.82, 2.24) is 4.98 Å². The summed E-state index contributed by atoms with van der Waals surface area (Å²) in [5.74, 6) is 0.868. The summed E-state index contributed by atoms with van der Waals surface area (Å²) in [4.78, 5) is 5.07. The molecule has 1 unspecified atom stereocenters. The average molecular weight is 223 g/mol. The van der Waals surface area contributed by atoms with Crippen LogP contribution in [0.4, 0.5) is 0 Å². The molecule has 1 N–H and O–H groups in total. The maximum atomic E-state index is 10.0. The first-order valence-electron chi connectivity index (χ1n) is 4.93. The smallest absolute Gasteiger partial charge is 0.109 e. The number of hydrogen-bond donors (Lipinski definition) is 1. The Bertz CT molecular complexity index is 408. The first-order chi connectivity index (χ1) is 7.31. The van der Waals surface area contributed by atoms with E-state index in [1.807, 2.05) is 13.0 Å². The first kappa shape index (κ1) is 10.4. The minimum Gasteiger partial charge on any atom is -0.469 e. The van der Waals surface area contributed by atoms with Gasteiger partial charge in [-0.2, -0.15) is 0 Å². The predicted octanol–water partition coefficient (Wildman–Crippen LogP) is 2.57. The van der Waals surface area contributed by atoms with Gasteiger partial charge in [0.1, 0.15) is 5.76 Å². The quantitative estimate of drug-likeness (QED) is 0.866. The van der Waals surface area contributed by atoms with Gasteiger partial charge < -0.3 is 9.52 Å². The maximum absolute atomic E-state index is 10.0. The normalized spacial score (nSPS) is 12.9. The van der Waals surface area contributed by atoms with E-state index in [0.29, 0.717) is 6.42 Å². The molecule has 15 heavy (non-hydrogen) atoms. The van der Waals surface area contributed by atoms with Crippen LogP contribution < -0.4 is 0 Å². The molecule has 0 spiro atoms. The molecule has 4 heteroatoms. The molecular formula is C11H13NO2S. The van der Waals surface area contributed by atoms with Gasteiger partial charge >= 0.3 is 0 Å². The molecule has 0 radical (unpaired) electrons. The van der Waals surface area contributed by atoms with Gasteiger partial charge in [-0.15, -0.1) is 11.3 Å². The van der Waals surface area contributed by atoms with Crippen molar-refractivity contribution in [2.45, 2.75) is 25.9 Å². The van der Waals surface area contributed by atoms with E-state index in [-0.39, 0.29) is 0 Å². The lowest BCUT2D eigenvalue weighted by Crippen LogP contribution is -2.01. The lowest BCUT2D eigenvalue weighted by Gasteiger charge is -2.08. The Morgan fingerprint density at radius 2 is 2.47 bits per heavy atom. The molecule has 0 saturated heterocycles. The summed E-state index contributed by atoms with van der Waals surface area (Å²) in [6.07, 6.45) is 4.35. The second-order valence-electron chi connectivity index (χ2n) is 3.34. The monoisotopic (exact) mass is 223 g/mol. The Hall–Kier alpha value is -1.13. The number of aliphatic hydroxyl groups is 1. The largest absolute Gasteiger partial charge is 0.469 e. The summed E-state index contributed by atoms with van der Waals surface area (Å²) < 4.78 is 5.28. The Morgan fingerprint density at radius 3 is 3.13 bits per heavy atom. The molecule has 2 rings (SSSR count). The molecule has 0 aromatic carbocycles. The van der Waals surface area contributed by atoms with Gasteiger partial charge in [-0.3, -0.25) is 4.98 Å². The summed E-state index contributed by atoms with van der Waals surface area (Å²) in [6.45, 7) is 2.02. The highest BCUT2D eigenvalue weighted by Gasteiger charge is 2.15. The van der Waals surface area contributed by atoms with Crippen LogP contribution in [0.3, 0.4) is 0 Å². The molecule has 0 aliphatic rings. The van der Waals surface area contributed by atoms with E-state index in [1.165, 1.54) is 0 Å². The van der Waals surface area contributed by atoms with E-state index in [0.717, 1.165) is 22.6 Å². The second kappa shape index (κ2) is 4.59. The van der Waals surface area contributed by atoms with Crippen molar-refractivity contribution < 1.29 is 9.52 Å². The SMILES string of the molecule is CCc1occc1C(O)Cc1cncs1. The van der Waals surface area contributed by atoms with Gasteiger partial charge in [0.2, 0.25) is 0 Å². The highest BCUT2D eigenvalue weighted by atomic mass is 32.1. The standard InChI is InChI=1S/C11H13NO2S/c1-2-11-9(3-4-14-11)10(13)5-8-6-12-7-15-8/h3-4,6-7,10,13H,2,5H2,1H3. The van der Waals surface area contributed by atoms with Crippen molar-refractivity contribution in [3.8, 4) is 0 Å². The zero-order valence-electron chi connectivity index (χ0n) is 8.51. The number of furan rings is 1. The van der Waals surface area contributed by atoms with Crippen molar-refractivity contribution in [1.29, 1.82) is 0 Å². The van der Waals surface area contributed by atoms with Crippen molar-refractivity contribution in [3.63, 3.8) is 0 Å². The van der Waals surface area contributed by atoms with Crippen LogP contribution >= 0.6 is 11.3 Å². The van der Waals surface area contributed by atoms with Gasteiger partial charge in [0.15, 0.2) is 0 Å². The van der Waals surface area contributed by atoms with Gasteiger partial charge in [0, 0.05) is 29.5 Å². The van der Waals surface area contributed by atoms with Crippen LogP contribution in [0.5, 0.6) is 0 Å². The Kier molecular flexibility index (Phi) is 3.18. The zero-order valence-corrected chi connectivity index (χ0v) is 9.33. The van der Waals surface area contributed by atoms with Crippen LogP contribution in [0.25, 0.3) is 0 Å². The third-order valence-electron chi connectivity index (χ3n) is 2.34. The third-order valence-corrected chi connectivity index (χ3v) is 3.14. The summed E-state index contributed by atoms with van der Waals surface area (Å²) in [6, 6.07) is 1.84. The first-order valence-corrected chi connectivity index (χ1v) is 5.81. The molecule has 0 bridgehead atoms. The summed E-state index contributed by atoms with van der Waals surface area (Å²) in [7, 11) is 0. The molecule has 2 aromatic heterocycles. The minimum atomic E-state index is -0.487. The van der Waals surface area contributed by atoms with Gasteiger partial charge in [-0.05, 0) is 6.07 Å². The topological polar surface area (TPSA) is 46.3 Å². The highest BCUT2D eigenvalue weighted by Crippen LogP contribution is 2.24. The van der Waals surface area contributed by atoms with Crippen molar-refractivity contribution >= 4 is 11.3 Å². The minimum absolute atomic E-state index is 0.487. The van der Waals surface area contributed by atoms with E-state index in [9.17, 15) is 5.11 Å². The number of nitrogens with zero attached hydrogens (tertiary/aromatic N) is 1. The van der Waals surface area contributed by atoms with Crippen LogP contribution in [0.15, 0.2) is 28.5 Å². The lowest BCUT2D eigenvalue weighted by atomic mass is 10.1. The summed E-state index contributed by atoms with van der Waals surface area (Å²) in [5, 5.41) is 10.0. The Morgan fingerprint density at radius 1 is 1.60 bits per heavy atom. The molecular weight excluding hydrogens is 210 g/mol. The second-order valence-corrected chi connectivity index (χ2v) is 4.31. The number of aliphatic hydroxyl groups excluding tert-OH is 1. The van der Waals surface area contributed by atoms with Gasteiger partial charge in [-0.25, -0.2) is 0 Å². The van der Waals surface area contributed by atoms with Crippen molar-refractivity contribution in [3.05, 3.63) is 40.2 Å². The number of rotatable bonds is 4. The zero-order chi connectivity index (χ0) is 10.7. The van der Waals surface area contributed by atoms with E-state index in [2.05, 4.69) is 4.98 Å². The molecule has 1 atom stereocenters. The predicted molar refractivity (Wildman–Crippen MR) is 58.9 cm³/mol. The molecule has 2 aromatic rings. The Labute approximate surface area is 92.4 Å². The van der Waals surface area contributed by atoms with Gasteiger partial charge in [-0.1, -0.05) is 6.92 Å². The van der Waals surface area contributed by atoms with E-state index >= 15 is 0 Å². The van der Waals surface area contributed by atoms with Gasteiger partial charge in [0.25, 0.3) is 0 Å². The molecule has 80 valence electrons. The van der Waals surface area contributed by atoms with Crippen LogP contribution in [0.2, 0.25) is 0 Å². The molecule has 2 heterocycles. The average Bonchev–Trinajstić information content (AvgIpc) is 2.86. The Balaban J connectivity index is 2.11. The fraction of sp³-hybridized carbons (Fsp3) is 0.364. The fourth-order valence-electron chi connectivity index (χ4n) is 1.58. The molecule has 0 saturated carbocycles. The number of thiazole rings is 1. The van der Waals surface area contributed by atoms with Gasteiger partial charge in [0.05, 0.1) is 17.9 Å². The van der Waals surface area contributed by atoms with Crippen LogP contribution in [0.1, 0.15) is 29.2 Å². The van der Waals surface area contributed by atoms with Crippen LogP contribution in [0, 0.1) is 0 Å². The fourth-order valence-corrected chi connectivity index (χ4v) is 2.21. The molecule has 0 fully saturated rings. The molecule has 0 aliphatic carbocycles. The summed E-state index contributed by atoms with van der Waals surface area (Å²) in [5.41, 5.74) is 2.67. The number of hydrogen-bond acceptors (Lipinski definition) is 4. The maximum Gasteiger partial charge on any atom is 0.109 e. The van der Waals surface area contributed by atoms with E-state index < -0.39 is 6.10 Å². The van der Waals surface area contributed by atoms with Crippen molar-refractivity contribution in [2.24, 2.45) is 0 Å².